The highest BCUT2D eigenvalue weighted by molar-refractivity contribution is 5.91. The van der Waals surface area contributed by atoms with E-state index in [0.29, 0.717) is 18.3 Å². The number of nitrogens with one attached hydrogen (secondary N) is 1. The monoisotopic (exact) mass is 357 g/mol. The molecule has 1 amide bonds. The van der Waals surface area contributed by atoms with Crippen molar-refractivity contribution in [1.29, 1.82) is 0 Å². The molecule has 1 heterocycles. The van der Waals surface area contributed by atoms with Crippen LogP contribution in [0, 0.1) is 11.8 Å². The minimum absolute atomic E-state index is 0.0352. The van der Waals surface area contributed by atoms with Crippen molar-refractivity contribution in [3.63, 3.8) is 0 Å². The zero-order chi connectivity index (χ0) is 19.7. The summed E-state index contributed by atoms with van der Waals surface area (Å²) in [6.45, 7) is 14.3. The van der Waals surface area contributed by atoms with E-state index in [1.165, 1.54) is 0 Å². The van der Waals surface area contributed by atoms with Crippen molar-refractivity contribution >= 4 is 11.6 Å². The molecule has 4 heteroatoms. The summed E-state index contributed by atoms with van der Waals surface area (Å²) >= 11 is 0. The lowest BCUT2D eigenvalue weighted by molar-refractivity contribution is -0.266. The van der Waals surface area contributed by atoms with Gasteiger partial charge in [-0.15, -0.1) is 10.3 Å². The van der Waals surface area contributed by atoms with Crippen LogP contribution < -0.4 is 5.32 Å². The fourth-order valence-electron chi connectivity index (χ4n) is 4.02. The fraction of sp³-hybridized carbons (Fsp3) is 0.591. The number of amides is 1. The van der Waals surface area contributed by atoms with Crippen LogP contribution in [0.2, 0.25) is 0 Å². The van der Waals surface area contributed by atoms with E-state index in [9.17, 15) is 10.0 Å². The van der Waals surface area contributed by atoms with E-state index >= 15 is 0 Å². The quantitative estimate of drug-likeness (QED) is 0.694. The maximum Gasteiger partial charge on any atom is 0.228 e. The molecular weight excluding hydrogens is 324 g/mol. The lowest BCUT2D eigenvalue weighted by atomic mass is 9.90. The van der Waals surface area contributed by atoms with Crippen LogP contribution in [-0.4, -0.2) is 11.0 Å². The van der Waals surface area contributed by atoms with Gasteiger partial charge in [-0.3, -0.25) is 4.79 Å². The van der Waals surface area contributed by atoms with Gasteiger partial charge in [0, 0.05) is 12.1 Å². The van der Waals surface area contributed by atoms with Crippen molar-refractivity contribution in [3.05, 3.63) is 41.5 Å². The van der Waals surface area contributed by atoms with Gasteiger partial charge in [0.1, 0.15) is 0 Å². The summed E-state index contributed by atoms with van der Waals surface area (Å²) in [5.74, 6) is 1.10. The van der Waals surface area contributed by atoms with E-state index < -0.39 is 11.1 Å². The molecule has 0 aromatic heterocycles. The van der Waals surface area contributed by atoms with Crippen LogP contribution >= 0.6 is 0 Å². The summed E-state index contributed by atoms with van der Waals surface area (Å²) in [7, 11) is 0. The molecule has 1 aromatic carbocycles. The SMILES string of the molecule is CC(C)C[C@H](C)/C=C/CC(=O)Nc1ccc2c(c1)C(C)(C)N([O])C2(C)C. The first kappa shape index (κ1) is 20.7. The summed E-state index contributed by atoms with van der Waals surface area (Å²) in [5, 5.41) is 16.7. The van der Waals surface area contributed by atoms with Gasteiger partial charge >= 0.3 is 0 Å². The number of fused-ring (bicyclic) bond motifs is 1. The molecule has 1 atom stereocenters. The van der Waals surface area contributed by atoms with E-state index in [0.717, 1.165) is 28.3 Å². The number of anilines is 1. The average molecular weight is 358 g/mol. The lowest BCUT2D eigenvalue weighted by Gasteiger charge is -2.32. The molecule has 2 rings (SSSR count). The maximum absolute atomic E-state index is 12.6. The fourth-order valence-corrected chi connectivity index (χ4v) is 4.02. The molecule has 0 aliphatic carbocycles. The van der Waals surface area contributed by atoms with E-state index in [-0.39, 0.29) is 5.91 Å². The number of carbonyl (C=O) groups excluding carboxylic acids is 1. The van der Waals surface area contributed by atoms with E-state index in [1.807, 2.05) is 52.0 Å². The van der Waals surface area contributed by atoms with Crippen molar-refractivity contribution in [1.82, 2.24) is 5.06 Å². The van der Waals surface area contributed by atoms with Crippen molar-refractivity contribution in [2.45, 2.75) is 72.4 Å². The molecule has 26 heavy (non-hydrogen) atoms. The van der Waals surface area contributed by atoms with Crippen LogP contribution in [0.15, 0.2) is 30.4 Å². The van der Waals surface area contributed by atoms with Crippen LogP contribution in [-0.2, 0) is 21.1 Å². The van der Waals surface area contributed by atoms with E-state index in [2.05, 4.69) is 32.2 Å². The molecule has 143 valence electrons. The smallest absolute Gasteiger partial charge is 0.228 e. The Labute approximate surface area is 158 Å². The number of hydroxylamine groups is 2. The third kappa shape index (κ3) is 4.18. The Hall–Kier alpha value is -1.65. The van der Waals surface area contributed by atoms with Gasteiger partial charge in [-0.1, -0.05) is 39.0 Å². The van der Waals surface area contributed by atoms with Crippen LogP contribution in [0.3, 0.4) is 0 Å². The first-order valence-electron chi connectivity index (χ1n) is 9.55. The molecule has 0 saturated carbocycles. The Morgan fingerprint density at radius 3 is 2.35 bits per heavy atom. The van der Waals surface area contributed by atoms with Crippen LogP contribution in [0.25, 0.3) is 0 Å². The maximum atomic E-state index is 12.6. The number of nitrogens with zero attached hydrogens (tertiary/aromatic N) is 1. The number of carbonyl (C=O) groups is 1. The third-order valence-electron chi connectivity index (χ3n) is 5.25. The zero-order valence-electron chi connectivity index (χ0n) is 17.2. The molecule has 1 radical (unpaired) electrons. The number of rotatable bonds is 6. The molecule has 1 aromatic rings. The minimum atomic E-state index is -0.605. The van der Waals surface area contributed by atoms with Gasteiger partial charge in [0.05, 0.1) is 11.1 Å². The Kier molecular flexibility index (Phi) is 5.99. The minimum Gasteiger partial charge on any atom is -0.326 e. The second-order valence-corrected chi connectivity index (χ2v) is 8.96. The highest BCUT2D eigenvalue weighted by atomic mass is 16.5. The largest absolute Gasteiger partial charge is 0.326 e. The average Bonchev–Trinajstić information content (AvgIpc) is 2.65. The predicted octanol–water partition coefficient (Wildman–Crippen LogP) is 5.38. The van der Waals surface area contributed by atoms with Gasteiger partial charge in [0.2, 0.25) is 5.91 Å². The standard InChI is InChI=1S/C22H33N2O2/c1-15(2)13-16(3)9-8-10-20(25)23-17-11-12-18-19(14-17)22(6,7)24(26)21(18,4)5/h8-9,11-12,14-16H,10,13H2,1-7H3,(H,23,25)/b9-8+/t16-/m1/s1. The number of benzene rings is 1. The highest BCUT2D eigenvalue weighted by Gasteiger charge is 2.49. The molecule has 0 saturated heterocycles. The Morgan fingerprint density at radius 1 is 1.12 bits per heavy atom. The normalized spacial score (nSPS) is 19.7. The van der Waals surface area contributed by atoms with Gasteiger partial charge in [-0.25, -0.2) is 0 Å². The summed E-state index contributed by atoms with van der Waals surface area (Å²) in [6.07, 6.45) is 5.55. The number of hydrogen-bond acceptors (Lipinski definition) is 2. The van der Waals surface area contributed by atoms with E-state index in [4.69, 9.17) is 0 Å². The third-order valence-corrected chi connectivity index (χ3v) is 5.25. The van der Waals surface area contributed by atoms with E-state index in [1.54, 1.807) is 0 Å². The van der Waals surface area contributed by atoms with Gasteiger partial charge < -0.3 is 5.32 Å². The second kappa shape index (κ2) is 7.53. The van der Waals surface area contributed by atoms with Crippen LogP contribution in [0.1, 0.15) is 72.4 Å². The van der Waals surface area contributed by atoms with Crippen molar-refractivity contribution in [3.8, 4) is 0 Å². The first-order valence-corrected chi connectivity index (χ1v) is 9.55. The lowest BCUT2D eigenvalue weighted by Crippen LogP contribution is -2.41. The molecule has 0 unspecified atom stereocenters. The molecule has 4 nitrogen and oxygen atoms in total. The van der Waals surface area contributed by atoms with Gasteiger partial charge in [-0.05, 0) is 69.2 Å². The number of allylic oxidation sites excluding steroid dienone is 1. The Morgan fingerprint density at radius 2 is 1.73 bits per heavy atom. The topological polar surface area (TPSA) is 52.2 Å². The van der Waals surface area contributed by atoms with Gasteiger partial charge in [0.25, 0.3) is 0 Å². The van der Waals surface area contributed by atoms with Crippen molar-refractivity contribution < 1.29 is 10.0 Å². The van der Waals surface area contributed by atoms with Crippen molar-refractivity contribution in [2.24, 2.45) is 11.8 Å². The molecular formula is C22H33N2O2. The molecule has 0 spiro atoms. The Balaban J connectivity index is 2.05. The summed E-state index contributed by atoms with van der Waals surface area (Å²) < 4.78 is 0. The molecule has 1 aliphatic heterocycles. The summed E-state index contributed by atoms with van der Waals surface area (Å²) in [5.41, 5.74) is 1.59. The summed E-state index contributed by atoms with van der Waals surface area (Å²) in [4.78, 5) is 12.2. The molecule has 0 bridgehead atoms. The molecule has 1 N–H and O–H groups in total. The Bertz CT molecular complexity index is 689. The second-order valence-electron chi connectivity index (χ2n) is 8.96. The first-order chi connectivity index (χ1) is 12.0. The zero-order valence-corrected chi connectivity index (χ0v) is 17.2. The predicted molar refractivity (Wildman–Crippen MR) is 106 cm³/mol. The van der Waals surface area contributed by atoms with Gasteiger partial charge in [-0.2, -0.15) is 0 Å². The summed E-state index contributed by atoms with van der Waals surface area (Å²) in [6, 6.07) is 5.79. The number of hydrogen-bond donors (Lipinski definition) is 1. The van der Waals surface area contributed by atoms with Crippen LogP contribution in [0.4, 0.5) is 5.69 Å². The molecule has 0 fully saturated rings. The highest BCUT2D eigenvalue weighted by Crippen LogP contribution is 2.48. The molecule has 1 aliphatic rings. The van der Waals surface area contributed by atoms with Gasteiger partial charge in [0.15, 0.2) is 0 Å². The van der Waals surface area contributed by atoms with Crippen LogP contribution in [0.5, 0.6) is 0 Å². The van der Waals surface area contributed by atoms with Crippen molar-refractivity contribution in [2.75, 3.05) is 5.32 Å².